The molecule has 100 valence electrons. The molecule has 0 amide bonds. The zero-order valence-electron chi connectivity index (χ0n) is 10.6. The molecular formula is C13H18BrNO3. The van der Waals surface area contributed by atoms with E-state index in [9.17, 15) is 5.11 Å². The van der Waals surface area contributed by atoms with Crippen LogP contribution >= 0.6 is 15.9 Å². The first-order valence-corrected chi connectivity index (χ1v) is 6.82. The number of rotatable bonds is 3. The minimum Gasteiger partial charge on any atom is -0.506 e. The third-order valence-corrected chi connectivity index (χ3v) is 4.13. The van der Waals surface area contributed by atoms with Gasteiger partial charge in [-0.25, -0.2) is 0 Å². The first-order valence-electron chi connectivity index (χ1n) is 6.03. The number of phenols is 1. The van der Waals surface area contributed by atoms with Gasteiger partial charge in [0.15, 0.2) is 11.5 Å². The van der Waals surface area contributed by atoms with E-state index in [0.29, 0.717) is 21.9 Å². The number of benzene rings is 1. The van der Waals surface area contributed by atoms with Crippen molar-refractivity contribution in [3.05, 3.63) is 16.1 Å². The van der Waals surface area contributed by atoms with E-state index in [2.05, 4.69) is 21.2 Å². The Morgan fingerprint density at radius 3 is 2.50 bits per heavy atom. The molecule has 1 saturated heterocycles. The fourth-order valence-electron chi connectivity index (χ4n) is 2.40. The van der Waals surface area contributed by atoms with Crippen molar-refractivity contribution in [1.29, 1.82) is 0 Å². The summed E-state index contributed by atoms with van der Waals surface area (Å²) < 4.78 is 11.1. The van der Waals surface area contributed by atoms with Crippen LogP contribution in [0.1, 0.15) is 24.3 Å². The Morgan fingerprint density at radius 2 is 1.94 bits per heavy atom. The Hall–Kier alpha value is -0.940. The molecule has 1 aliphatic rings. The minimum absolute atomic E-state index is 0.263. The highest BCUT2D eigenvalue weighted by molar-refractivity contribution is 9.10. The number of phenolic OH excluding ortho intramolecular Hbond substituents is 1. The molecule has 2 rings (SSSR count). The average molecular weight is 316 g/mol. The van der Waals surface area contributed by atoms with E-state index in [0.717, 1.165) is 31.5 Å². The number of hydrogen-bond donors (Lipinski definition) is 2. The van der Waals surface area contributed by atoms with E-state index in [4.69, 9.17) is 9.47 Å². The Morgan fingerprint density at radius 1 is 1.28 bits per heavy atom. The van der Waals surface area contributed by atoms with Crippen LogP contribution in [-0.4, -0.2) is 32.4 Å². The highest BCUT2D eigenvalue weighted by atomic mass is 79.9. The van der Waals surface area contributed by atoms with Crippen LogP contribution in [0, 0.1) is 0 Å². The molecule has 0 radical (unpaired) electrons. The van der Waals surface area contributed by atoms with Gasteiger partial charge in [-0.3, -0.25) is 0 Å². The molecule has 2 N–H and O–H groups in total. The summed E-state index contributed by atoms with van der Waals surface area (Å²) in [6.07, 6.45) is 2.05. The summed E-state index contributed by atoms with van der Waals surface area (Å²) in [4.78, 5) is 0. The summed E-state index contributed by atoms with van der Waals surface area (Å²) in [7, 11) is 3.17. The fraction of sp³-hybridized carbons (Fsp3) is 0.538. The van der Waals surface area contributed by atoms with Crippen LogP contribution in [0.15, 0.2) is 10.5 Å². The Bertz CT molecular complexity index is 431. The maximum atomic E-state index is 10.3. The van der Waals surface area contributed by atoms with Crippen LogP contribution < -0.4 is 14.8 Å². The van der Waals surface area contributed by atoms with Crippen molar-refractivity contribution in [2.45, 2.75) is 18.8 Å². The smallest absolute Gasteiger partial charge is 0.178 e. The van der Waals surface area contributed by atoms with Gasteiger partial charge in [0.1, 0.15) is 10.2 Å². The summed E-state index contributed by atoms with van der Waals surface area (Å²) in [5.74, 6) is 1.81. The van der Waals surface area contributed by atoms with Gasteiger partial charge in [0.05, 0.1) is 14.2 Å². The molecule has 0 atom stereocenters. The zero-order valence-corrected chi connectivity index (χ0v) is 12.2. The second kappa shape index (κ2) is 5.80. The maximum Gasteiger partial charge on any atom is 0.178 e. The number of methoxy groups -OCH3 is 2. The topological polar surface area (TPSA) is 50.7 Å². The summed E-state index contributed by atoms with van der Waals surface area (Å²) in [6, 6.07) is 1.88. The first kappa shape index (κ1) is 13.5. The lowest BCUT2D eigenvalue weighted by Gasteiger charge is -2.25. The standard InChI is InChI=1S/C13H18BrNO3/c1-17-10-7-9(8-3-5-15-6-4-8)12(16)11(14)13(10)18-2/h7-8,15-16H,3-6H2,1-2H3. The molecule has 1 aromatic carbocycles. The van der Waals surface area contributed by atoms with Gasteiger partial charge in [0.25, 0.3) is 0 Å². The quantitative estimate of drug-likeness (QED) is 0.900. The van der Waals surface area contributed by atoms with Crippen LogP contribution in [-0.2, 0) is 0 Å². The molecule has 0 aromatic heterocycles. The van der Waals surface area contributed by atoms with E-state index < -0.39 is 0 Å². The van der Waals surface area contributed by atoms with Gasteiger partial charge >= 0.3 is 0 Å². The van der Waals surface area contributed by atoms with Crippen LogP contribution in [0.5, 0.6) is 17.2 Å². The van der Waals surface area contributed by atoms with E-state index in [1.165, 1.54) is 0 Å². The van der Waals surface area contributed by atoms with Crippen LogP contribution in [0.3, 0.4) is 0 Å². The number of aromatic hydroxyl groups is 1. The molecular weight excluding hydrogens is 298 g/mol. The van der Waals surface area contributed by atoms with Crippen molar-refractivity contribution < 1.29 is 14.6 Å². The van der Waals surface area contributed by atoms with E-state index in [1.54, 1.807) is 14.2 Å². The largest absolute Gasteiger partial charge is 0.506 e. The molecule has 4 nitrogen and oxygen atoms in total. The van der Waals surface area contributed by atoms with Crippen molar-refractivity contribution in [2.75, 3.05) is 27.3 Å². The van der Waals surface area contributed by atoms with Crippen molar-refractivity contribution in [3.8, 4) is 17.2 Å². The molecule has 1 aromatic rings. The fourth-order valence-corrected chi connectivity index (χ4v) is 2.99. The lowest BCUT2D eigenvalue weighted by Crippen LogP contribution is -2.26. The van der Waals surface area contributed by atoms with Gasteiger partial charge in [0.2, 0.25) is 0 Å². The third kappa shape index (κ3) is 2.42. The molecule has 0 unspecified atom stereocenters. The highest BCUT2D eigenvalue weighted by Gasteiger charge is 2.24. The molecule has 1 aliphatic heterocycles. The van der Waals surface area contributed by atoms with Crippen LogP contribution in [0.25, 0.3) is 0 Å². The minimum atomic E-state index is 0.263. The third-order valence-electron chi connectivity index (χ3n) is 3.39. The molecule has 5 heteroatoms. The summed E-state index contributed by atoms with van der Waals surface area (Å²) in [6.45, 7) is 1.96. The zero-order chi connectivity index (χ0) is 13.1. The monoisotopic (exact) mass is 315 g/mol. The number of halogens is 1. The summed E-state index contributed by atoms with van der Waals surface area (Å²) in [5.41, 5.74) is 0.932. The number of piperidine rings is 1. The Labute approximate surface area is 115 Å². The molecule has 0 saturated carbocycles. The van der Waals surface area contributed by atoms with Gasteiger partial charge in [-0.15, -0.1) is 0 Å². The van der Waals surface area contributed by atoms with Crippen molar-refractivity contribution in [3.63, 3.8) is 0 Å². The molecule has 1 fully saturated rings. The lowest BCUT2D eigenvalue weighted by molar-refractivity contribution is 0.345. The lowest BCUT2D eigenvalue weighted by atomic mass is 9.89. The highest BCUT2D eigenvalue weighted by Crippen LogP contribution is 2.47. The van der Waals surface area contributed by atoms with Gasteiger partial charge in [-0.1, -0.05) is 0 Å². The van der Waals surface area contributed by atoms with Gasteiger partial charge in [0, 0.05) is 5.56 Å². The molecule has 0 aliphatic carbocycles. The summed E-state index contributed by atoms with van der Waals surface area (Å²) in [5, 5.41) is 13.6. The number of ether oxygens (including phenoxy) is 2. The van der Waals surface area contributed by atoms with Gasteiger partial charge < -0.3 is 19.9 Å². The van der Waals surface area contributed by atoms with Crippen molar-refractivity contribution in [1.82, 2.24) is 5.32 Å². The first-order chi connectivity index (χ1) is 8.69. The second-order valence-corrected chi connectivity index (χ2v) is 5.18. The van der Waals surface area contributed by atoms with Crippen molar-refractivity contribution >= 4 is 15.9 Å². The van der Waals surface area contributed by atoms with Crippen molar-refractivity contribution in [2.24, 2.45) is 0 Å². The van der Waals surface area contributed by atoms with E-state index in [1.807, 2.05) is 6.07 Å². The van der Waals surface area contributed by atoms with E-state index in [-0.39, 0.29) is 5.75 Å². The number of nitrogens with one attached hydrogen (secondary N) is 1. The number of hydrogen-bond acceptors (Lipinski definition) is 4. The van der Waals surface area contributed by atoms with Gasteiger partial charge in [-0.05, 0) is 53.8 Å². The van der Waals surface area contributed by atoms with Gasteiger partial charge in [-0.2, -0.15) is 0 Å². The van der Waals surface area contributed by atoms with E-state index >= 15 is 0 Å². The maximum absolute atomic E-state index is 10.3. The average Bonchev–Trinajstić information content (AvgIpc) is 2.42. The van der Waals surface area contributed by atoms with Crippen LogP contribution in [0.4, 0.5) is 0 Å². The molecule has 0 spiro atoms. The predicted molar refractivity (Wildman–Crippen MR) is 73.8 cm³/mol. The predicted octanol–water partition coefficient (Wildman–Crippen LogP) is 2.64. The molecule has 0 bridgehead atoms. The Kier molecular flexibility index (Phi) is 4.35. The molecule has 18 heavy (non-hydrogen) atoms. The van der Waals surface area contributed by atoms with Crippen LogP contribution in [0.2, 0.25) is 0 Å². The normalized spacial score (nSPS) is 16.6. The second-order valence-electron chi connectivity index (χ2n) is 4.39. The Balaban J connectivity index is 2.44. The summed E-state index contributed by atoms with van der Waals surface area (Å²) >= 11 is 3.38. The molecule has 1 heterocycles. The SMILES string of the molecule is COc1cc(C2CCNCC2)c(O)c(Br)c1OC.